The van der Waals surface area contributed by atoms with Gasteiger partial charge in [-0.1, -0.05) is 30.9 Å². The van der Waals surface area contributed by atoms with Crippen LogP contribution in [-0.2, 0) is 6.54 Å². The van der Waals surface area contributed by atoms with Crippen LogP contribution in [0.2, 0.25) is 5.02 Å². The molecule has 0 spiro atoms. The molecule has 1 aromatic carbocycles. The van der Waals surface area contributed by atoms with Crippen molar-refractivity contribution in [2.75, 3.05) is 0 Å². The minimum Gasteiger partial charge on any atom is -0.337 e. The van der Waals surface area contributed by atoms with Gasteiger partial charge in [0.1, 0.15) is 0 Å². The highest BCUT2D eigenvalue weighted by Gasteiger charge is 2.24. The largest absolute Gasteiger partial charge is 0.337 e. The molecule has 0 radical (unpaired) electrons. The molecule has 2 aromatic rings. The Morgan fingerprint density at radius 3 is 2.65 bits per heavy atom. The lowest BCUT2D eigenvalue weighted by molar-refractivity contribution is 0.336. The predicted octanol–water partition coefficient (Wildman–Crippen LogP) is 6.06. The van der Waals surface area contributed by atoms with Crippen LogP contribution in [0, 0.1) is 5.92 Å². The molecule has 4 heteroatoms. The second-order valence-corrected chi connectivity index (χ2v) is 8.20. The molecule has 1 unspecified atom stereocenters. The summed E-state index contributed by atoms with van der Waals surface area (Å²) in [5.74, 6) is 0.868. The third-order valence-electron chi connectivity index (χ3n) is 4.74. The fourth-order valence-corrected chi connectivity index (χ4v) is 5.00. The van der Waals surface area contributed by atoms with Gasteiger partial charge >= 0.3 is 0 Å². The lowest BCUT2D eigenvalue weighted by atomic mass is 9.85. The van der Waals surface area contributed by atoms with Crippen LogP contribution in [0.4, 0.5) is 0 Å². The highest BCUT2D eigenvalue weighted by molar-refractivity contribution is 8.00. The summed E-state index contributed by atoms with van der Waals surface area (Å²) in [6.07, 6.45) is 15.4. The Balaban J connectivity index is 1.59. The van der Waals surface area contributed by atoms with Crippen molar-refractivity contribution in [1.29, 1.82) is 0 Å². The molecule has 0 amide bonds. The zero-order valence-corrected chi connectivity index (χ0v) is 15.1. The summed E-state index contributed by atoms with van der Waals surface area (Å²) >= 11 is 8.08. The molecule has 1 atom stereocenters. The summed E-state index contributed by atoms with van der Waals surface area (Å²) in [5, 5.41) is 1.55. The number of thioether (sulfide) groups is 1. The number of hydrogen-bond acceptors (Lipinski definition) is 2. The Kier molecular flexibility index (Phi) is 6.46. The van der Waals surface area contributed by atoms with E-state index >= 15 is 0 Å². The van der Waals surface area contributed by atoms with E-state index in [-0.39, 0.29) is 0 Å². The summed E-state index contributed by atoms with van der Waals surface area (Å²) in [4.78, 5) is 5.49. The Bertz CT molecular complexity index is 562. The number of nitrogens with zero attached hydrogens (tertiary/aromatic N) is 2. The third kappa shape index (κ3) is 5.29. The topological polar surface area (TPSA) is 17.8 Å². The summed E-state index contributed by atoms with van der Waals surface area (Å²) < 4.78 is 2.19. The first-order valence-corrected chi connectivity index (χ1v) is 9.95. The van der Waals surface area contributed by atoms with Crippen LogP contribution in [0.25, 0.3) is 0 Å². The minimum absolute atomic E-state index is 0.722. The van der Waals surface area contributed by atoms with Gasteiger partial charge in [-0.05, 0) is 55.9 Å². The van der Waals surface area contributed by atoms with Crippen LogP contribution >= 0.6 is 23.4 Å². The van der Waals surface area contributed by atoms with Crippen molar-refractivity contribution >= 4 is 23.4 Å². The van der Waals surface area contributed by atoms with Crippen molar-refractivity contribution < 1.29 is 0 Å². The number of aromatic nitrogens is 2. The molecule has 0 bridgehead atoms. The second kappa shape index (κ2) is 8.79. The van der Waals surface area contributed by atoms with Crippen LogP contribution in [-0.4, -0.2) is 14.8 Å². The molecule has 1 heterocycles. The van der Waals surface area contributed by atoms with Crippen molar-refractivity contribution in [3.05, 3.63) is 48.0 Å². The van der Waals surface area contributed by atoms with Gasteiger partial charge in [-0.25, -0.2) is 4.98 Å². The van der Waals surface area contributed by atoms with E-state index < -0.39 is 0 Å². The molecule has 124 valence electrons. The molecule has 0 aliphatic heterocycles. The van der Waals surface area contributed by atoms with Crippen LogP contribution < -0.4 is 0 Å². The maximum atomic E-state index is 6.02. The number of halogens is 1. The van der Waals surface area contributed by atoms with Crippen LogP contribution in [0.15, 0.2) is 47.9 Å². The maximum absolute atomic E-state index is 6.02. The van der Waals surface area contributed by atoms with E-state index in [0.717, 1.165) is 22.7 Å². The zero-order valence-electron chi connectivity index (χ0n) is 13.5. The molecule has 23 heavy (non-hydrogen) atoms. The minimum atomic E-state index is 0.722. The molecule has 1 aliphatic carbocycles. The molecule has 1 aromatic heterocycles. The van der Waals surface area contributed by atoms with Crippen molar-refractivity contribution in [1.82, 2.24) is 9.55 Å². The predicted molar refractivity (Wildman–Crippen MR) is 99.1 cm³/mol. The van der Waals surface area contributed by atoms with E-state index in [2.05, 4.69) is 39.6 Å². The van der Waals surface area contributed by atoms with E-state index in [1.165, 1.54) is 49.8 Å². The van der Waals surface area contributed by atoms with Crippen LogP contribution in [0.5, 0.6) is 0 Å². The van der Waals surface area contributed by atoms with Gasteiger partial charge in [0.15, 0.2) is 0 Å². The van der Waals surface area contributed by atoms with Gasteiger partial charge < -0.3 is 4.57 Å². The highest BCUT2D eigenvalue weighted by Crippen LogP contribution is 2.38. The number of rotatable bonds is 7. The van der Waals surface area contributed by atoms with Crippen molar-refractivity contribution in [2.24, 2.45) is 5.92 Å². The molecule has 2 nitrogen and oxygen atoms in total. The van der Waals surface area contributed by atoms with E-state index in [1.807, 2.05) is 24.7 Å². The van der Waals surface area contributed by atoms with Crippen molar-refractivity contribution in [2.45, 2.75) is 61.6 Å². The second-order valence-electron chi connectivity index (χ2n) is 6.45. The fraction of sp³-hybridized carbons (Fsp3) is 0.526. The zero-order chi connectivity index (χ0) is 15.9. The first-order chi connectivity index (χ1) is 11.3. The molecule has 0 saturated heterocycles. The first-order valence-electron chi connectivity index (χ1n) is 8.69. The lowest BCUT2D eigenvalue weighted by Crippen LogP contribution is -2.20. The van der Waals surface area contributed by atoms with Crippen molar-refractivity contribution in [3.8, 4) is 0 Å². The Morgan fingerprint density at radius 1 is 1.17 bits per heavy atom. The molecule has 0 N–H and O–H groups in total. The molecular formula is C19H25ClN2S. The average Bonchev–Trinajstić information content (AvgIpc) is 3.10. The highest BCUT2D eigenvalue weighted by atomic mass is 35.5. The standard InChI is InChI=1S/C19H25ClN2S/c20-17-8-10-18(11-9-17)23-19(16-5-2-1-3-6-16)7-4-13-22-14-12-21-15-22/h8-12,14-16,19H,1-7,13H2. The van der Waals surface area contributed by atoms with Gasteiger partial charge in [0.25, 0.3) is 0 Å². The third-order valence-corrected chi connectivity index (χ3v) is 6.46. The summed E-state index contributed by atoms with van der Waals surface area (Å²) in [7, 11) is 0. The quantitative estimate of drug-likeness (QED) is 0.566. The molecule has 1 saturated carbocycles. The summed E-state index contributed by atoms with van der Waals surface area (Å²) in [6.45, 7) is 1.07. The molecular weight excluding hydrogens is 324 g/mol. The lowest BCUT2D eigenvalue weighted by Gasteiger charge is -2.30. The molecule has 3 rings (SSSR count). The maximum Gasteiger partial charge on any atom is 0.0945 e. The van der Waals surface area contributed by atoms with Gasteiger partial charge in [0.2, 0.25) is 0 Å². The average molecular weight is 349 g/mol. The van der Waals surface area contributed by atoms with Crippen molar-refractivity contribution in [3.63, 3.8) is 0 Å². The number of aryl methyl sites for hydroxylation is 1. The normalized spacial score (nSPS) is 17.3. The Morgan fingerprint density at radius 2 is 1.96 bits per heavy atom. The van der Waals surface area contributed by atoms with Crippen LogP contribution in [0.1, 0.15) is 44.9 Å². The number of benzene rings is 1. The van der Waals surface area contributed by atoms with Gasteiger partial charge in [-0.2, -0.15) is 0 Å². The van der Waals surface area contributed by atoms with Gasteiger partial charge in [0.05, 0.1) is 6.33 Å². The van der Waals surface area contributed by atoms with Gasteiger partial charge in [0, 0.05) is 34.1 Å². The fourth-order valence-electron chi connectivity index (χ4n) is 3.48. The SMILES string of the molecule is Clc1ccc(SC(CCCn2ccnc2)C2CCCCC2)cc1. The molecule has 1 fully saturated rings. The molecule has 1 aliphatic rings. The first kappa shape index (κ1) is 16.9. The van der Waals surface area contributed by atoms with E-state index in [9.17, 15) is 0 Å². The van der Waals surface area contributed by atoms with Crippen LogP contribution in [0.3, 0.4) is 0 Å². The summed E-state index contributed by atoms with van der Waals surface area (Å²) in [5.41, 5.74) is 0. The van der Waals surface area contributed by atoms with Gasteiger partial charge in [-0.15, -0.1) is 11.8 Å². The number of imidazole rings is 1. The summed E-state index contributed by atoms with van der Waals surface area (Å²) in [6, 6.07) is 8.35. The smallest absolute Gasteiger partial charge is 0.0945 e. The van der Waals surface area contributed by atoms with E-state index in [1.54, 1.807) is 0 Å². The number of hydrogen-bond donors (Lipinski definition) is 0. The van der Waals surface area contributed by atoms with Gasteiger partial charge in [-0.3, -0.25) is 0 Å². The van der Waals surface area contributed by atoms with E-state index in [4.69, 9.17) is 11.6 Å². The van der Waals surface area contributed by atoms with E-state index in [0.29, 0.717) is 0 Å². The monoisotopic (exact) mass is 348 g/mol. The Hall–Kier alpha value is -0.930. The Labute approximate surface area is 148 Å².